The van der Waals surface area contributed by atoms with Crippen LogP contribution in [0.25, 0.3) is 10.6 Å². The zero-order valence-corrected chi connectivity index (χ0v) is 16.7. The lowest BCUT2D eigenvalue weighted by molar-refractivity contribution is 0.0742. The number of nitrogens with zero attached hydrogens (tertiary/aromatic N) is 4. The number of hydrogen-bond donors (Lipinski definition) is 0. The van der Waals surface area contributed by atoms with Gasteiger partial charge in [0, 0.05) is 42.8 Å². The molecule has 3 aromatic rings. The summed E-state index contributed by atoms with van der Waals surface area (Å²) >= 11 is 1.67. The molecule has 2 aromatic heterocycles. The van der Waals surface area contributed by atoms with Gasteiger partial charge in [-0.2, -0.15) is 0 Å². The van der Waals surface area contributed by atoms with Crippen LogP contribution in [0.4, 0.5) is 10.2 Å². The largest absolute Gasteiger partial charge is 0.353 e. The van der Waals surface area contributed by atoms with Crippen molar-refractivity contribution in [3.8, 4) is 10.6 Å². The van der Waals surface area contributed by atoms with Crippen LogP contribution in [0.15, 0.2) is 42.6 Å². The summed E-state index contributed by atoms with van der Waals surface area (Å²) in [5.41, 5.74) is 2.20. The molecule has 3 heterocycles. The van der Waals surface area contributed by atoms with Gasteiger partial charge in [-0.05, 0) is 38.1 Å². The molecule has 0 saturated carbocycles. The molecule has 1 aliphatic heterocycles. The first kappa shape index (κ1) is 18.6. The maximum atomic E-state index is 13.9. The molecule has 0 radical (unpaired) electrons. The molecule has 1 fully saturated rings. The van der Waals surface area contributed by atoms with E-state index in [0.717, 1.165) is 22.1 Å². The molecular formula is C21H21FN4OS. The lowest BCUT2D eigenvalue weighted by Crippen LogP contribution is -2.49. The van der Waals surface area contributed by atoms with Crippen LogP contribution in [0.5, 0.6) is 0 Å². The quantitative estimate of drug-likeness (QED) is 0.673. The highest BCUT2D eigenvalue weighted by molar-refractivity contribution is 7.15. The molecule has 4 rings (SSSR count). The average Bonchev–Trinajstić information content (AvgIpc) is 3.07. The summed E-state index contributed by atoms with van der Waals surface area (Å²) in [6, 6.07) is 10.2. The van der Waals surface area contributed by atoms with Crippen molar-refractivity contribution in [1.82, 2.24) is 14.9 Å². The fourth-order valence-corrected chi connectivity index (χ4v) is 4.14. The van der Waals surface area contributed by atoms with E-state index in [0.29, 0.717) is 26.2 Å². The van der Waals surface area contributed by atoms with Gasteiger partial charge in [0.15, 0.2) is 0 Å². The molecule has 0 spiro atoms. The number of carbonyl (C=O) groups is 1. The first-order valence-corrected chi connectivity index (χ1v) is 10.0. The average molecular weight is 396 g/mol. The smallest absolute Gasteiger partial charge is 0.256 e. The number of thiazole rings is 1. The summed E-state index contributed by atoms with van der Waals surface area (Å²) in [6.45, 7) is 6.51. The highest BCUT2D eigenvalue weighted by atomic mass is 32.1. The van der Waals surface area contributed by atoms with Crippen LogP contribution in [-0.4, -0.2) is 47.0 Å². The number of pyridine rings is 1. The summed E-state index contributed by atoms with van der Waals surface area (Å²) in [6.07, 6.45) is 1.85. The normalized spacial score (nSPS) is 14.4. The number of benzene rings is 1. The van der Waals surface area contributed by atoms with E-state index in [4.69, 9.17) is 0 Å². The minimum Gasteiger partial charge on any atom is -0.353 e. The van der Waals surface area contributed by atoms with Crippen molar-refractivity contribution in [2.45, 2.75) is 13.8 Å². The molecule has 0 bridgehead atoms. The SMILES string of the molecule is Cc1nc(-c2ccc(N3CCN(C(=O)c4ccccc4F)CC3)nc2)sc1C. The highest BCUT2D eigenvalue weighted by Crippen LogP contribution is 2.28. The third-order valence-corrected chi connectivity index (χ3v) is 6.14. The van der Waals surface area contributed by atoms with Crippen molar-refractivity contribution in [3.63, 3.8) is 0 Å². The second kappa shape index (κ2) is 7.67. The highest BCUT2D eigenvalue weighted by Gasteiger charge is 2.24. The predicted molar refractivity (Wildman–Crippen MR) is 109 cm³/mol. The molecule has 1 aromatic carbocycles. The third kappa shape index (κ3) is 3.62. The first-order valence-electron chi connectivity index (χ1n) is 9.22. The number of piperazine rings is 1. The zero-order valence-electron chi connectivity index (χ0n) is 15.9. The fraction of sp³-hybridized carbons (Fsp3) is 0.286. The number of rotatable bonds is 3. The molecule has 28 heavy (non-hydrogen) atoms. The lowest BCUT2D eigenvalue weighted by atomic mass is 10.1. The number of anilines is 1. The predicted octanol–water partition coefficient (Wildman–Crippen LogP) is 3.92. The van der Waals surface area contributed by atoms with Gasteiger partial charge in [0.2, 0.25) is 0 Å². The Morgan fingerprint density at radius 1 is 1.07 bits per heavy atom. The Morgan fingerprint density at radius 3 is 2.43 bits per heavy atom. The monoisotopic (exact) mass is 396 g/mol. The molecule has 5 nitrogen and oxygen atoms in total. The Kier molecular flexibility index (Phi) is 5.09. The maximum absolute atomic E-state index is 13.9. The summed E-state index contributed by atoms with van der Waals surface area (Å²) in [4.78, 5) is 26.8. The van der Waals surface area contributed by atoms with Gasteiger partial charge in [0.25, 0.3) is 5.91 Å². The second-order valence-corrected chi connectivity index (χ2v) is 8.03. The van der Waals surface area contributed by atoms with E-state index in [1.165, 1.54) is 17.0 Å². The molecule has 1 saturated heterocycles. The van der Waals surface area contributed by atoms with Crippen LogP contribution >= 0.6 is 11.3 Å². The molecule has 0 aliphatic carbocycles. The fourth-order valence-electron chi connectivity index (χ4n) is 3.24. The van der Waals surface area contributed by atoms with E-state index in [1.54, 1.807) is 28.4 Å². The number of carbonyl (C=O) groups excluding carboxylic acids is 1. The Hall–Kier alpha value is -2.80. The summed E-state index contributed by atoms with van der Waals surface area (Å²) in [7, 11) is 0. The first-order chi connectivity index (χ1) is 13.5. The van der Waals surface area contributed by atoms with Crippen LogP contribution in [0.2, 0.25) is 0 Å². The molecule has 0 N–H and O–H groups in total. The number of amides is 1. The van der Waals surface area contributed by atoms with E-state index < -0.39 is 5.82 Å². The standard InChI is InChI=1S/C21H21FN4OS/c1-14-15(2)28-20(24-14)16-7-8-19(23-13-16)25-9-11-26(12-10-25)21(27)17-5-3-4-6-18(17)22/h3-8,13H,9-12H2,1-2H3. The van der Waals surface area contributed by atoms with Crippen LogP contribution in [0, 0.1) is 19.7 Å². The number of aromatic nitrogens is 2. The van der Waals surface area contributed by atoms with Crippen molar-refractivity contribution >= 4 is 23.1 Å². The molecule has 1 aliphatic rings. The van der Waals surface area contributed by atoms with Crippen LogP contribution in [0.3, 0.4) is 0 Å². The van der Waals surface area contributed by atoms with Gasteiger partial charge in [-0.25, -0.2) is 14.4 Å². The van der Waals surface area contributed by atoms with Gasteiger partial charge in [0.05, 0.1) is 11.3 Å². The molecular weight excluding hydrogens is 375 g/mol. The van der Waals surface area contributed by atoms with Gasteiger partial charge >= 0.3 is 0 Å². The van der Waals surface area contributed by atoms with E-state index in [-0.39, 0.29) is 11.5 Å². The van der Waals surface area contributed by atoms with Crippen molar-refractivity contribution in [2.75, 3.05) is 31.1 Å². The summed E-state index contributed by atoms with van der Waals surface area (Å²) in [5, 5.41) is 0.981. The van der Waals surface area contributed by atoms with E-state index in [9.17, 15) is 9.18 Å². The van der Waals surface area contributed by atoms with Gasteiger partial charge in [-0.3, -0.25) is 4.79 Å². The Labute approximate surface area is 167 Å². The van der Waals surface area contributed by atoms with Crippen LogP contribution < -0.4 is 4.90 Å². The zero-order chi connectivity index (χ0) is 19.7. The number of hydrogen-bond acceptors (Lipinski definition) is 5. The second-order valence-electron chi connectivity index (χ2n) is 6.82. The van der Waals surface area contributed by atoms with Gasteiger partial charge in [-0.1, -0.05) is 12.1 Å². The van der Waals surface area contributed by atoms with Crippen molar-refractivity contribution < 1.29 is 9.18 Å². The topological polar surface area (TPSA) is 49.3 Å². The minimum atomic E-state index is -0.472. The molecule has 0 unspecified atom stereocenters. The summed E-state index contributed by atoms with van der Waals surface area (Å²) in [5.74, 6) is 0.155. The van der Waals surface area contributed by atoms with Crippen molar-refractivity contribution in [1.29, 1.82) is 0 Å². The van der Waals surface area contributed by atoms with Gasteiger partial charge < -0.3 is 9.80 Å². The maximum Gasteiger partial charge on any atom is 0.256 e. The number of aryl methyl sites for hydroxylation is 2. The lowest BCUT2D eigenvalue weighted by Gasteiger charge is -2.35. The van der Waals surface area contributed by atoms with E-state index in [1.807, 2.05) is 25.3 Å². The van der Waals surface area contributed by atoms with Crippen LogP contribution in [-0.2, 0) is 0 Å². The Balaban J connectivity index is 1.41. The van der Waals surface area contributed by atoms with Crippen LogP contribution in [0.1, 0.15) is 20.9 Å². The Morgan fingerprint density at radius 2 is 1.82 bits per heavy atom. The van der Waals surface area contributed by atoms with Gasteiger partial charge in [-0.15, -0.1) is 11.3 Å². The molecule has 0 atom stereocenters. The molecule has 7 heteroatoms. The van der Waals surface area contributed by atoms with Crippen molar-refractivity contribution in [3.05, 3.63) is 64.5 Å². The Bertz CT molecular complexity index is 974. The molecule has 144 valence electrons. The molecule has 1 amide bonds. The summed E-state index contributed by atoms with van der Waals surface area (Å²) < 4.78 is 13.9. The van der Waals surface area contributed by atoms with E-state index >= 15 is 0 Å². The van der Waals surface area contributed by atoms with Crippen molar-refractivity contribution in [2.24, 2.45) is 0 Å². The van der Waals surface area contributed by atoms with Gasteiger partial charge in [0.1, 0.15) is 16.6 Å². The third-order valence-electron chi connectivity index (χ3n) is 5.02. The minimum absolute atomic E-state index is 0.132. The number of halogens is 1. The van der Waals surface area contributed by atoms with E-state index in [2.05, 4.69) is 21.8 Å².